The Morgan fingerprint density at radius 2 is 2.25 bits per heavy atom. The molecule has 1 aromatic carbocycles. The molecule has 0 aliphatic heterocycles. The molecule has 1 heterocycles. The first kappa shape index (κ1) is 13.9. The van der Waals surface area contributed by atoms with Crippen LogP contribution in [-0.4, -0.2) is 12.5 Å². The van der Waals surface area contributed by atoms with Gasteiger partial charge in [0, 0.05) is 23.2 Å². The first-order valence-electron chi connectivity index (χ1n) is 6.29. The van der Waals surface area contributed by atoms with E-state index < -0.39 is 0 Å². The molecule has 1 amide bonds. The summed E-state index contributed by atoms with van der Waals surface area (Å²) in [5.41, 5.74) is 8.65. The molecule has 0 saturated carbocycles. The molecule has 102 valence electrons. The lowest BCUT2D eigenvalue weighted by Gasteiger charge is -2.05. The molecule has 0 aliphatic rings. The van der Waals surface area contributed by atoms with Crippen LogP contribution >= 0.6 is 0 Å². The molecule has 0 unspecified atom stereocenters. The van der Waals surface area contributed by atoms with Gasteiger partial charge in [-0.3, -0.25) is 4.79 Å². The van der Waals surface area contributed by atoms with Crippen molar-refractivity contribution in [3.8, 4) is 11.8 Å². The van der Waals surface area contributed by atoms with E-state index in [0.717, 1.165) is 16.7 Å². The van der Waals surface area contributed by atoms with Crippen LogP contribution in [0.5, 0.6) is 0 Å². The Kier molecular flexibility index (Phi) is 4.59. The Hall–Kier alpha value is -2.51. The van der Waals surface area contributed by atoms with Crippen molar-refractivity contribution in [2.45, 2.75) is 13.5 Å². The van der Waals surface area contributed by atoms with Crippen molar-refractivity contribution in [3.63, 3.8) is 0 Å². The number of hydrogen-bond acceptors (Lipinski definition) is 3. The number of nitrogens with two attached hydrogens (primary N) is 1. The highest BCUT2D eigenvalue weighted by Crippen LogP contribution is 2.09. The SMILES string of the molecule is Cc1cc(C#CCN)cc(C(=O)NCc2ccoc2)c1. The van der Waals surface area contributed by atoms with E-state index in [1.807, 2.05) is 25.1 Å². The molecular formula is C16H16N2O2. The molecule has 0 bridgehead atoms. The molecule has 1 aromatic heterocycles. The van der Waals surface area contributed by atoms with Crippen LogP contribution in [0, 0.1) is 18.8 Å². The normalized spacial score (nSPS) is 9.70. The van der Waals surface area contributed by atoms with E-state index in [0.29, 0.717) is 18.7 Å². The van der Waals surface area contributed by atoms with Crippen LogP contribution in [0.15, 0.2) is 41.2 Å². The molecule has 0 atom stereocenters. The minimum Gasteiger partial charge on any atom is -0.472 e. The lowest BCUT2D eigenvalue weighted by atomic mass is 10.1. The van der Waals surface area contributed by atoms with Gasteiger partial charge in [0.25, 0.3) is 5.91 Å². The van der Waals surface area contributed by atoms with Crippen LogP contribution in [0.1, 0.15) is 27.0 Å². The van der Waals surface area contributed by atoms with Gasteiger partial charge < -0.3 is 15.5 Å². The highest BCUT2D eigenvalue weighted by molar-refractivity contribution is 5.94. The Bertz CT molecular complexity index is 649. The topological polar surface area (TPSA) is 68.3 Å². The first-order valence-corrected chi connectivity index (χ1v) is 6.29. The summed E-state index contributed by atoms with van der Waals surface area (Å²) in [5, 5.41) is 2.84. The van der Waals surface area contributed by atoms with Gasteiger partial charge in [-0.2, -0.15) is 0 Å². The smallest absolute Gasteiger partial charge is 0.251 e. The van der Waals surface area contributed by atoms with Gasteiger partial charge in [0.2, 0.25) is 0 Å². The van der Waals surface area contributed by atoms with Crippen LogP contribution < -0.4 is 11.1 Å². The van der Waals surface area contributed by atoms with Crippen molar-refractivity contribution in [1.29, 1.82) is 0 Å². The number of nitrogens with one attached hydrogen (secondary N) is 1. The molecule has 0 radical (unpaired) electrons. The summed E-state index contributed by atoms with van der Waals surface area (Å²) in [4.78, 5) is 12.1. The monoisotopic (exact) mass is 268 g/mol. The van der Waals surface area contributed by atoms with Gasteiger partial charge in [0.1, 0.15) is 0 Å². The molecule has 2 aromatic rings. The molecule has 2 rings (SSSR count). The summed E-state index contributed by atoms with van der Waals surface area (Å²) >= 11 is 0. The Morgan fingerprint density at radius 3 is 2.95 bits per heavy atom. The molecule has 4 nitrogen and oxygen atoms in total. The number of carbonyl (C=O) groups excluding carboxylic acids is 1. The average Bonchev–Trinajstić information content (AvgIpc) is 2.95. The Morgan fingerprint density at radius 1 is 1.40 bits per heavy atom. The molecule has 3 N–H and O–H groups in total. The predicted molar refractivity (Wildman–Crippen MR) is 77.0 cm³/mol. The van der Waals surface area contributed by atoms with Crippen molar-refractivity contribution in [2.24, 2.45) is 5.73 Å². The van der Waals surface area contributed by atoms with Gasteiger partial charge in [-0.05, 0) is 36.8 Å². The lowest BCUT2D eigenvalue weighted by molar-refractivity contribution is 0.0950. The van der Waals surface area contributed by atoms with E-state index in [9.17, 15) is 4.79 Å². The van der Waals surface area contributed by atoms with Crippen molar-refractivity contribution in [1.82, 2.24) is 5.32 Å². The minimum atomic E-state index is -0.134. The quantitative estimate of drug-likeness (QED) is 0.834. The summed E-state index contributed by atoms with van der Waals surface area (Å²) in [5.74, 6) is 5.59. The van der Waals surface area contributed by atoms with E-state index >= 15 is 0 Å². The number of rotatable bonds is 3. The van der Waals surface area contributed by atoms with Gasteiger partial charge in [-0.15, -0.1) is 0 Å². The third kappa shape index (κ3) is 3.74. The van der Waals surface area contributed by atoms with Crippen LogP contribution in [-0.2, 0) is 6.54 Å². The Labute approximate surface area is 118 Å². The summed E-state index contributed by atoms with van der Waals surface area (Å²) in [6, 6.07) is 7.34. The zero-order chi connectivity index (χ0) is 14.4. The second-order valence-corrected chi connectivity index (χ2v) is 4.41. The number of benzene rings is 1. The van der Waals surface area contributed by atoms with Gasteiger partial charge in [-0.25, -0.2) is 0 Å². The number of hydrogen-bond donors (Lipinski definition) is 2. The average molecular weight is 268 g/mol. The van der Waals surface area contributed by atoms with Crippen molar-refractivity contribution in [2.75, 3.05) is 6.54 Å². The van der Waals surface area contributed by atoms with Crippen LogP contribution in [0.2, 0.25) is 0 Å². The standard InChI is InChI=1S/C16H16N2O2/c1-12-7-13(3-2-5-17)9-15(8-12)16(19)18-10-14-4-6-20-11-14/h4,6-9,11H,5,10,17H2,1H3,(H,18,19). The molecule has 0 saturated heterocycles. The maximum atomic E-state index is 12.1. The summed E-state index contributed by atoms with van der Waals surface area (Å²) in [7, 11) is 0. The number of amides is 1. The molecular weight excluding hydrogens is 252 g/mol. The second kappa shape index (κ2) is 6.60. The van der Waals surface area contributed by atoms with E-state index in [-0.39, 0.29) is 5.91 Å². The third-order valence-electron chi connectivity index (χ3n) is 2.71. The van der Waals surface area contributed by atoms with Crippen LogP contribution in [0.4, 0.5) is 0 Å². The van der Waals surface area contributed by atoms with Gasteiger partial charge in [0.05, 0.1) is 19.1 Å². The predicted octanol–water partition coefficient (Wildman–Crippen LogP) is 1.83. The highest BCUT2D eigenvalue weighted by Gasteiger charge is 2.07. The number of furan rings is 1. The van der Waals surface area contributed by atoms with E-state index in [1.54, 1.807) is 18.6 Å². The van der Waals surface area contributed by atoms with Crippen molar-refractivity contribution >= 4 is 5.91 Å². The van der Waals surface area contributed by atoms with Crippen LogP contribution in [0.25, 0.3) is 0 Å². The summed E-state index contributed by atoms with van der Waals surface area (Å²) in [6.07, 6.45) is 3.18. The fourth-order valence-corrected chi connectivity index (χ4v) is 1.82. The number of aryl methyl sites for hydroxylation is 1. The summed E-state index contributed by atoms with van der Waals surface area (Å²) < 4.78 is 4.95. The molecule has 20 heavy (non-hydrogen) atoms. The highest BCUT2D eigenvalue weighted by atomic mass is 16.3. The maximum Gasteiger partial charge on any atom is 0.251 e. The van der Waals surface area contributed by atoms with E-state index in [4.69, 9.17) is 10.2 Å². The molecule has 0 fully saturated rings. The fraction of sp³-hybridized carbons (Fsp3) is 0.188. The van der Waals surface area contributed by atoms with Gasteiger partial charge in [0.15, 0.2) is 0 Å². The fourth-order valence-electron chi connectivity index (χ4n) is 1.82. The first-order chi connectivity index (χ1) is 9.69. The van der Waals surface area contributed by atoms with Crippen molar-refractivity contribution in [3.05, 3.63) is 59.0 Å². The maximum absolute atomic E-state index is 12.1. The van der Waals surface area contributed by atoms with E-state index in [1.165, 1.54) is 0 Å². The molecule has 0 spiro atoms. The Balaban J connectivity index is 2.10. The van der Waals surface area contributed by atoms with Gasteiger partial charge in [-0.1, -0.05) is 11.8 Å². The minimum absolute atomic E-state index is 0.134. The molecule has 0 aliphatic carbocycles. The van der Waals surface area contributed by atoms with Crippen LogP contribution in [0.3, 0.4) is 0 Å². The van der Waals surface area contributed by atoms with Crippen molar-refractivity contribution < 1.29 is 9.21 Å². The number of carbonyl (C=O) groups is 1. The summed E-state index contributed by atoms with van der Waals surface area (Å²) in [6.45, 7) is 2.67. The second-order valence-electron chi connectivity index (χ2n) is 4.41. The van der Waals surface area contributed by atoms with Gasteiger partial charge >= 0.3 is 0 Å². The molecule has 4 heteroatoms. The largest absolute Gasteiger partial charge is 0.472 e. The van der Waals surface area contributed by atoms with E-state index in [2.05, 4.69) is 17.2 Å². The lowest BCUT2D eigenvalue weighted by Crippen LogP contribution is -2.22. The zero-order valence-electron chi connectivity index (χ0n) is 11.3. The third-order valence-corrected chi connectivity index (χ3v) is 2.71. The zero-order valence-corrected chi connectivity index (χ0v) is 11.3.